The molecule has 20 heavy (non-hydrogen) atoms. The number of amides is 1. The van der Waals surface area contributed by atoms with Crippen LogP contribution in [0.15, 0.2) is 24.3 Å². The molecule has 0 radical (unpaired) electrons. The molecule has 0 aromatic heterocycles. The minimum Gasteiger partial charge on any atom is -0.388 e. The van der Waals surface area contributed by atoms with E-state index in [1.54, 1.807) is 4.90 Å². The number of carbonyl (C=O) groups is 1. The summed E-state index contributed by atoms with van der Waals surface area (Å²) in [5.41, 5.74) is 1.43. The monoisotopic (exact) mass is 276 g/mol. The maximum atomic E-state index is 12.3. The van der Waals surface area contributed by atoms with Gasteiger partial charge in [0, 0.05) is 25.8 Å². The molecule has 1 aliphatic heterocycles. The quantitative estimate of drug-likeness (QED) is 0.920. The Balaban J connectivity index is 2.25. The molecule has 1 aromatic carbocycles. The Bertz CT molecular complexity index is 482. The Labute approximate surface area is 121 Å². The highest BCUT2D eigenvalue weighted by Gasteiger charge is 2.40. The number of anilines is 1. The molecule has 110 valence electrons. The molecule has 1 aliphatic rings. The van der Waals surface area contributed by atoms with Gasteiger partial charge in [0.25, 0.3) is 0 Å². The normalized spacial score (nSPS) is 20.1. The van der Waals surface area contributed by atoms with Crippen molar-refractivity contribution >= 4 is 11.6 Å². The number of benzene rings is 1. The standard InChI is InChI=1S/C16H24N2O2/c1-5-14(19)12-6-8-13(9-7-12)18-11-10-17(4)15(20)16(18,2)3/h6-9,14,19H,5,10-11H2,1-4H3/t14-/m1/s1. The average molecular weight is 276 g/mol. The van der Waals surface area contributed by atoms with Crippen LogP contribution < -0.4 is 4.90 Å². The van der Waals surface area contributed by atoms with E-state index >= 15 is 0 Å². The van der Waals surface area contributed by atoms with Gasteiger partial charge in [-0.05, 0) is 38.0 Å². The number of rotatable bonds is 3. The van der Waals surface area contributed by atoms with Crippen molar-refractivity contribution in [3.63, 3.8) is 0 Å². The lowest BCUT2D eigenvalue weighted by Crippen LogP contribution is -2.62. The van der Waals surface area contributed by atoms with Crippen LogP contribution in [0.25, 0.3) is 0 Å². The lowest BCUT2D eigenvalue weighted by atomic mass is 9.96. The van der Waals surface area contributed by atoms with E-state index < -0.39 is 11.6 Å². The molecule has 0 bridgehead atoms. The molecule has 0 saturated carbocycles. The van der Waals surface area contributed by atoms with Gasteiger partial charge in [0.15, 0.2) is 0 Å². The first-order chi connectivity index (χ1) is 9.37. The largest absolute Gasteiger partial charge is 0.388 e. The molecule has 1 amide bonds. The molecule has 1 atom stereocenters. The summed E-state index contributed by atoms with van der Waals surface area (Å²) < 4.78 is 0. The topological polar surface area (TPSA) is 43.8 Å². The van der Waals surface area contributed by atoms with Crippen molar-refractivity contribution in [1.29, 1.82) is 0 Å². The highest BCUT2D eigenvalue weighted by Crippen LogP contribution is 2.29. The van der Waals surface area contributed by atoms with Gasteiger partial charge >= 0.3 is 0 Å². The van der Waals surface area contributed by atoms with E-state index in [0.29, 0.717) is 6.42 Å². The van der Waals surface area contributed by atoms with Gasteiger partial charge < -0.3 is 14.9 Å². The lowest BCUT2D eigenvalue weighted by molar-refractivity contribution is -0.136. The predicted octanol–water partition coefficient (Wildman–Crippen LogP) is 2.19. The van der Waals surface area contributed by atoms with Crippen LogP contribution in [0.5, 0.6) is 0 Å². The Kier molecular flexibility index (Phi) is 4.04. The number of nitrogens with zero attached hydrogens (tertiary/aromatic N) is 2. The second-order valence-corrected chi connectivity index (χ2v) is 5.95. The van der Waals surface area contributed by atoms with Gasteiger partial charge in [-0.15, -0.1) is 0 Å². The molecule has 0 spiro atoms. The minimum absolute atomic E-state index is 0.140. The second-order valence-electron chi connectivity index (χ2n) is 5.95. The van der Waals surface area contributed by atoms with E-state index in [9.17, 15) is 9.90 Å². The van der Waals surface area contributed by atoms with Gasteiger partial charge in [0.1, 0.15) is 5.54 Å². The number of carbonyl (C=O) groups excluding carboxylic acids is 1. The van der Waals surface area contributed by atoms with Crippen LogP contribution in [0, 0.1) is 0 Å². The summed E-state index contributed by atoms with van der Waals surface area (Å²) in [5.74, 6) is 0.140. The maximum Gasteiger partial charge on any atom is 0.247 e. The highest BCUT2D eigenvalue weighted by molar-refractivity contribution is 5.90. The average Bonchev–Trinajstić information content (AvgIpc) is 2.44. The first kappa shape index (κ1) is 14.9. The molecule has 1 heterocycles. The fourth-order valence-electron chi connectivity index (χ4n) is 2.78. The van der Waals surface area contributed by atoms with Crippen LogP contribution in [0.3, 0.4) is 0 Å². The summed E-state index contributed by atoms with van der Waals surface area (Å²) in [6.07, 6.45) is 0.295. The summed E-state index contributed by atoms with van der Waals surface area (Å²) in [5, 5.41) is 9.84. The van der Waals surface area contributed by atoms with Crippen molar-refractivity contribution < 1.29 is 9.90 Å². The number of likely N-dealkylation sites (N-methyl/N-ethyl adjacent to an activating group) is 1. The molecule has 2 rings (SSSR count). The number of hydrogen-bond donors (Lipinski definition) is 1. The summed E-state index contributed by atoms with van der Waals surface area (Å²) in [4.78, 5) is 16.2. The molecule has 4 heteroatoms. The number of aliphatic hydroxyl groups is 1. The van der Waals surface area contributed by atoms with Crippen LogP contribution in [0.4, 0.5) is 5.69 Å². The van der Waals surface area contributed by atoms with Crippen LogP contribution in [-0.4, -0.2) is 41.6 Å². The van der Waals surface area contributed by atoms with Crippen LogP contribution >= 0.6 is 0 Å². The molecule has 1 fully saturated rings. The van der Waals surface area contributed by atoms with Crippen LogP contribution in [0.1, 0.15) is 38.9 Å². The number of piperazine rings is 1. The van der Waals surface area contributed by atoms with Gasteiger partial charge in [0.2, 0.25) is 5.91 Å². The zero-order chi connectivity index (χ0) is 14.9. The third-order valence-electron chi connectivity index (χ3n) is 4.18. The van der Waals surface area contributed by atoms with Crippen molar-refractivity contribution in [2.75, 3.05) is 25.0 Å². The minimum atomic E-state index is -0.530. The summed E-state index contributed by atoms with van der Waals surface area (Å²) in [6, 6.07) is 7.88. The number of aliphatic hydroxyl groups excluding tert-OH is 1. The van der Waals surface area contributed by atoms with Gasteiger partial charge in [-0.1, -0.05) is 19.1 Å². The van der Waals surface area contributed by atoms with Gasteiger partial charge in [-0.3, -0.25) is 4.79 Å². The van der Waals surface area contributed by atoms with Gasteiger partial charge in [-0.2, -0.15) is 0 Å². The molecule has 1 N–H and O–H groups in total. The molecular weight excluding hydrogens is 252 g/mol. The molecule has 1 aromatic rings. The van der Waals surface area contributed by atoms with E-state index in [-0.39, 0.29) is 5.91 Å². The van der Waals surface area contributed by atoms with Crippen molar-refractivity contribution in [2.45, 2.75) is 38.8 Å². The third kappa shape index (κ3) is 2.52. The van der Waals surface area contributed by atoms with Gasteiger partial charge in [0.05, 0.1) is 6.10 Å². The highest BCUT2D eigenvalue weighted by atomic mass is 16.3. The van der Waals surface area contributed by atoms with E-state index in [1.807, 2.05) is 52.1 Å². The molecule has 4 nitrogen and oxygen atoms in total. The summed E-state index contributed by atoms with van der Waals surface area (Å²) in [6.45, 7) is 7.44. The molecular formula is C16H24N2O2. The molecule has 1 saturated heterocycles. The second kappa shape index (κ2) is 5.44. The number of hydrogen-bond acceptors (Lipinski definition) is 3. The van der Waals surface area contributed by atoms with Crippen molar-refractivity contribution in [2.24, 2.45) is 0 Å². The van der Waals surface area contributed by atoms with Crippen LogP contribution in [-0.2, 0) is 4.79 Å². The fourth-order valence-corrected chi connectivity index (χ4v) is 2.78. The molecule has 0 aliphatic carbocycles. The van der Waals surface area contributed by atoms with Crippen molar-refractivity contribution in [1.82, 2.24) is 4.90 Å². The summed E-state index contributed by atoms with van der Waals surface area (Å²) in [7, 11) is 1.85. The third-order valence-corrected chi connectivity index (χ3v) is 4.18. The van der Waals surface area contributed by atoms with E-state index in [1.165, 1.54) is 0 Å². The Morgan fingerprint density at radius 1 is 1.25 bits per heavy atom. The summed E-state index contributed by atoms with van der Waals surface area (Å²) >= 11 is 0. The van der Waals surface area contributed by atoms with Crippen LogP contribution in [0.2, 0.25) is 0 Å². The first-order valence-corrected chi connectivity index (χ1v) is 7.19. The maximum absolute atomic E-state index is 12.3. The smallest absolute Gasteiger partial charge is 0.247 e. The Morgan fingerprint density at radius 2 is 1.85 bits per heavy atom. The van der Waals surface area contributed by atoms with E-state index in [0.717, 1.165) is 24.3 Å². The van der Waals surface area contributed by atoms with E-state index in [4.69, 9.17) is 0 Å². The van der Waals surface area contributed by atoms with Crippen molar-refractivity contribution in [3.8, 4) is 0 Å². The van der Waals surface area contributed by atoms with Gasteiger partial charge in [-0.25, -0.2) is 0 Å². The zero-order valence-electron chi connectivity index (χ0n) is 12.8. The zero-order valence-corrected chi connectivity index (χ0v) is 12.8. The van der Waals surface area contributed by atoms with E-state index in [2.05, 4.69) is 4.90 Å². The Hall–Kier alpha value is -1.55. The first-order valence-electron chi connectivity index (χ1n) is 7.19. The lowest BCUT2D eigenvalue weighted by Gasteiger charge is -2.46. The SMILES string of the molecule is CC[C@@H](O)c1ccc(N2CCN(C)C(=O)C2(C)C)cc1. The molecule has 0 unspecified atom stereocenters. The Morgan fingerprint density at radius 3 is 2.40 bits per heavy atom. The van der Waals surface area contributed by atoms with Crippen molar-refractivity contribution in [3.05, 3.63) is 29.8 Å². The predicted molar refractivity (Wildman–Crippen MR) is 80.8 cm³/mol. The fraction of sp³-hybridized carbons (Fsp3) is 0.562.